The summed E-state index contributed by atoms with van der Waals surface area (Å²) in [6.45, 7) is 7.30. The number of aryl methyl sites for hydroxylation is 3. The number of aromatic nitrogens is 3. The second kappa shape index (κ2) is 7.90. The maximum absolute atomic E-state index is 13.2. The molecule has 1 fully saturated rings. The van der Waals surface area contributed by atoms with Gasteiger partial charge in [0, 0.05) is 43.5 Å². The smallest absolute Gasteiger partial charge is 0.352 e. The van der Waals surface area contributed by atoms with Crippen molar-refractivity contribution < 1.29 is 18.0 Å². The van der Waals surface area contributed by atoms with Crippen LogP contribution in [0.4, 0.5) is 19.0 Å². The number of anilines is 1. The molecule has 0 unspecified atom stereocenters. The Morgan fingerprint density at radius 2 is 1.81 bits per heavy atom. The number of rotatable bonds is 2. The van der Waals surface area contributed by atoms with Crippen LogP contribution in [-0.2, 0) is 6.18 Å². The number of piperazine rings is 1. The number of halogens is 4. The lowest BCUT2D eigenvalue weighted by atomic mass is 10.1. The number of fused-ring (bicyclic) bond motifs is 1. The number of hydrogen-bond donors (Lipinski definition) is 0. The van der Waals surface area contributed by atoms with Gasteiger partial charge in [0.2, 0.25) is 0 Å². The summed E-state index contributed by atoms with van der Waals surface area (Å²) in [6, 6.07) is 0.882. The Labute approximate surface area is 185 Å². The van der Waals surface area contributed by atoms with E-state index < -0.39 is 11.7 Å². The third-order valence-electron chi connectivity index (χ3n) is 5.29. The lowest BCUT2D eigenvalue weighted by Gasteiger charge is -2.35. The Hall–Kier alpha value is -2.46. The largest absolute Gasteiger partial charge is 0.417 e. The molecule has 3 aromatic rings. The molecule has 0 saturated carbocycles. The molecule has 0 atom stereocenters. The Bertz CT molecular complexity index is 1170. The zero-order valence-corrected chi connectivity index (χ0v) is 18.6. The van der Waals surface area contributed by atoms with Gasteiger partial charge in [0.05, 0.1) is 15.5 Å². The lowest BCUT2D eigenvalue weighted by Crippen LogP contribution is -2.49. The van der Waals surface area contributed by atoms with Crippen molar-refractivity contribution in [3.05, 3.63) is 44.8 Å². The highest BCUT2D eigenvalue weighted by atomic mass is 35.5. The summed E-state index contributed by atoms with van der Waals surface area (Å²) < 4.78 is 38.5. The van der Waals surface area contributed by atoms with Gasteiger partial charge in [-0.1, -0.05) is 11.6 Å². The van der Waals surface area contributed by atoms with Gasteiger partial charge in [-0.05, 0) is 32.4 Å². The van der Waals surface area contributed by atoms with Crippen LogP contribution in [0.3, 0.4) is 0 Å². The summed E-state index contributed by atoms with van der Waals surface area (Å²) in [6.07, 6.45) is -3.71. The number of hydrogen-bond acceptors (Lipinski definition) is 6. The minimum absolute atomic E-state index is 0.0561. The summed E-state index contributed by atoms with van der Waals surface area (Å²) in [7, 11) is 0. The minimum Gasteiger partial charge on any atom is -0.352 e. The predicted octanol–water partition coefficient (Wildman–Crippen LogP) is 4.65. The van der Waals surface area contributed by atoms with Crippen LogP contribution in [-0.4, -0.2) is 51.9 Å². The molecule has 0 spiro atoms. The van der Waals surface area contributed by atoms with Crippen molar-refractivity contribution in [3.8, 4) is 0 Å². The molecule has 1 aliphatic rings. The van der Waals surface area contributed by atoms with E-state index in [0.717, 1.165) is 33.7 Å². The van der Waals surface area contributed by atoms with Crippen molar-refractivity contribution in [1.82, 2.24) is 19.9 Å². The highest BCUT2D eigenvalue weighted by Gasteiger charge is 2.33. The third kappa shape index (κ3) is 4.06. The second-order valence-electron chi connectivity index (χ2n) is 7.40. The van der Waals surface area contributed by atoms with Gasteiger partial charge >= 0.3 is 6.18 Å². The van der Waals surface area contributed by atoms with Gasteiger partial charge in [0.1, 0.15) is 16.5 Å². The third-order valence-corrected chi connectivity index (χ3v) is 6.74. The van der Waals surface area contributed by atoms with Crippen molar-refractivity contribution in [3.63, 3.8) is 0 Å². The number of pyridine rings is 1. The van der Waals surface area contributed by atoms with E-state index in [1.807, 2.05) is 20.8 Å². The monoisotopic (exact) mass is 469 g/mol. The van der Waals surface area contributed by atoms with Crippen LogP contribution in [0.15, 0.2) is 12.3 Å². The van der Waals surface area contributed by atoms with E-state index in [1.165, 1.54) is 11.3 Å². The van der Waals surface area contributed by atoms with E-state index in [1.54, 1.807) is 9.80 Å². The Kier molecular flexibility index (Phi) is 5.55. The summed E-state index contributed by atoms with van der Waals surface area (Å²) in [4.78, 5) is 30.9. The van der Waals surface area contributed by atoms with E-state index >= 15 is 0 Å². The zero-order valence-electron chi connectivity index (χ0n) is 17.0. The van der Waals surface area contributed by atoms with E-state index in [9.17, 15) is 18.0 Å². The van der Waals surface area contributed by atoms with Crippen LogP contribution in [0.25, 0.3) is 10.2 Å². The molecule has 3 aromatic heterocycles. The molecule has 1 amide bonds. The van der Waals surface area contributed by atoms with Crippen LogP contribution in [0.2, 0.25) is 5.02 Å². The standard InChI is InChI=1S/C20H19ClF3N5OS/c1-10-15-11(2)26-12(3)27-18(15)31-16(10)19(30)29-6-4-28(5-7-29)17-14(21)8-13(9-25-17)20(22,23)24/h8-9H,4-7H2,1-3H3. The number of nitrogens with zero attached hydrogens (tertiary/aromatic N) is 5. The van der Waals surface area contributed by atoms with Gasteiger partial charge in [0.15, 0.2) is 0 Å². The van der Waals surface area contributed by atoms with Crippen molar-refractivity contribution in [2.45, 2.75) is 26.9 Å². The molecule has 0 aliphatic carbocycles. The summed E-state index contributed by atoms with van der Waals surface area (Å²) in [5.74, 6) is 0.879. The van der Waals surface area contributed by atoms with Crippen LogP contribution in [0.1, 0.15) is 32.3 Å². The maximum Gasteiger partial charge on any atom is 0.417 e. The van der Waals surface area contributed by atoms with Gasteiger partial charge in [-0.2, -0.15) is 13.2 Å². The molecule has 164 valence electrons. The fraction of sp³-hybridized carbons (Fsp3) is 0.400. The minimum atomic E-state index is -4.50. The first kappa shape index (κ1) is 21.8. The molecule has 4 heterocycles. The summed E-state index contributed by atoms with van der Waals surface area (Å²) in [5, 5.41) is 0.859. The first-order valence-electron chi connectivity index (χ1n) is 9.57. The van der Waals surface area contributed by atoms with Crippen molar-refractivity contribution in [2.75, 3.05) is 31.1 Å². The molecule has 1 saturated heterocycles. The molecular weight excluding hydrogens is 451 g/mol. The van der Waals surface area contributed by atoms with Gasteiger partial charge < -0.3 is 9.80 Å². The lowest BCUT2D eigenvalue weighted by molar-refractivity contribution is -0.137. The van der Waals surface area contributed by atoms with Crippen molar-refractivity contribution >= 4 is 44.9 Å². The molecule has 31 heavy (non-hydrogen) atoms. The van der Waals surface area contributed by atoms with Crippen molar-refractivity contribution in [2.24, 2.45) is 0 Å². The summed E-state index contributed by atoms with van der Waals surface area (Å²) in [5.41, 5.74) is 0.837. The highest BCUT2D eigenvalue weighted by Crippen LogP contribution is 2.35. The molecule has 0 N–H and O–H groups in total. The Morgan fingerprint density at radius 3 is 2.42 bits per heavy atom. The van der Waals surface area contributed by atoms with Gasteiger partial charge in [-0.3, -0.25) is 4.79 Å². The highest BCUT2D eigenvalue weighted by molar-refractivity contribution is 7.20. The summed E-state index contributed by atoms with van der Waals surface area (Å²) >= 11 is 7.42. The number of carbonyl (C=O) groups excluding carboxylic acids is 1. The van der Waals surface area contributed by atoms with Crippen LogP contribution in [0.5, 0.6) is 0 Å². The van der Waals surface area contributed by atoms with E-state index in [-0.39, 0.29) is 10.9 Å². The average molecular weight is 470 g/mol. The van der Waals surface area contributed by atoms with Gasteiger partial charge in [-0.15, -0.1) is 11.3 Å². The second-order valence-corrected chi connectivity index (χ2v) is 8.81. The quantitative estimate of drug-likeness (QED) is 0.547. The first-order chi connectivity index (χ1) is 14.6. The van der Waals surface area contributed by atoms with E-state index in [2.05, 4.69) is 15.0 Å². The average Bonchev–Trinajstić information content (AvgIpc) is 3.03. The molecule has 0 radical (unpaired) electrons. The maximum atomic E-state index is 13.2. The SMILES string of the molecule is Cc1nc(C)c2c(C)c(C(=O)N3CCN(c4ncc(C(F)(F)F)cc4Cl)CC3)sc2n1. The Balaban J connectivity index is 1.51. The number of thiophene rings is 1. The molecule has 11 heteroatoms. The van der Waals surface area contributed by atoms with Crippen molar-refractivity contribution in [1.29, 1.82) is 0 Å². The number of carbonyl (C=O) groups is 1. The zero-order chi connectivity index (χ0) is 22.5. The molecule has 1 aliphatic heterocycles. The normalized spacial score (nSPS) is 15.1. The van der Waals surface area contributed by atoms with Gasteiger partial charge in [0.25, 0.3) is 5.91 Å². The van der Waals surface area contributed by atoms with E-state index in [0.29, 0.717) is 42.7 Å². The molecule has 0 bridgehead atoms. The van der Waals surface area contributed by atoms with Crippen LogP contribution >= 0.6 is 22.9 Å². The predicted molar refractivity (Wildman–Crippen MR) is 114 cm³/mol. The van der Waals surface area contributed by atoms with Gasteiger partial charge in [-0.25, -0.2) is 15.0 Å². The fourth-order valence-corrected chi connectivity index (χ4v) is 5.29. The molecule has 6 nitrogen and oxygen atoms in total. The first-order valence-corrected chi connectivity index (χ1v) is 10.8. The fourth-order valence-electron chi connectivity index (χ4n) is 3.76. The number of alkyl halides is 3. The van der Waals surface area contributed by atoms with E-state index in [4.69, 9.17) is 11.6 Å². The molecular formula is C20H19ClF3N5OS. The van der Waals surface area contributed by atoms with Crippen LogP contribution in [0, 0.1) is 20.8 Å². The molecule has 4 rings (SSSR count). The molecule has 0 aromatic carbocycles. The van der Waals surface area contributed by atoms with Crippen LogP contribution < -0.4 is 4.90 Å². The number of amides is 1. The topological polar surface area (TPSA) is 62.2 Å². The Morgan fingerprint density at radius 1 is 1.13 bits per heavy atom.